The summed E-state index contributed by atoms with van der Waals surface area (Å²) >= 11 is 0. The topological polar surface area (TPSA) is 12.0 Å². The third-order valence-corrected chi connectivity index (χ3v) is 2.19. The zero-order valence-corrected chi connectivity index (χ0v) is 6.48. The van der Waals surface area contributed by atoms with Gasteiger partial charge in [0.05, 0.1) is 0 Å². The first-order chi connectivity index (χ1) is 4.33. The fraction of sp³-hybridized carbons (Fsp3) is 1.00. The van der Waals surface area contributed by atoms with Gasteiger partial charge in [-0.1, -0.05) is 13.8 Å². The summed E-state index contributed by atoms with van der Waals surface area (Å²) in [5, 5.41) is 3.47. The molecule has 0 bridgehead atoms. The zero-order chi connectivity index (χ0) is 6.69. The van der Waals surface area contributed by atoms with Gasteiger partial charge in [0.25, 0.3) is 0 Å². The lowest BCUT2D eigenvalue weighted by atomic mass is 10.1. The minimum Gasteiger partial charge on any atom is -0.314 e. The average Bonchev–Trinajstić information content (AvgIpc) is 2.17. The van der Waals surface area contributed by atoms with Crippen molar-refractivity contribution in [2.24, 2.45) is 5.92 Å². The second kappa shape index (κ2) is 3.21. The molecule has 9 heavy (non-hydrogen) atoms. The van der Waals surface area contributed by atoms with Crippen molar-refractivity contribution in [2.45, 2.75) is 39.2 Å². The van der Waals surface area contributed by atoms with E-state index in [-0.39, 0.29) is 0 Å². The van der Waals surface area contributed by atoms with E-state index in [0.29, 0.717) is 0 Å². The van der Waals surface area contributed by atoms with Gasteiger partial charge in [0, 0.05) is 6.04 Å². The monoisotopic (exact) mass is 127 g/mol. The highest BCUT2D eigenvalue weighted by molar-refractivity contribution is 4.77. The SMILES string of the molecule is CCN[C@H]1CC[C@H](C)C1. The van der Waals surface area contributed by atoms with Crippen LogP contribution in [0.2, 0.25) is 0 Å². The van der Waals surface area contributed by atoms with Gasteiger partial charge in [0.1, 0.15) is 0 Å². The van der Waals surface area contributed by atoms with Crippen LogP contribution in [-0.2, 0) is 0 Å². The molecule has 0 radical (unpaired) electrons. The number of rotatable bonds is 2. The summed E-state index contributed by atoms with van der Waals surface area (Å²) in [6.07, 6.45) is 4.22. The molecule has 1 heteroatoms. The maximum absolute atomic E-state index is 3.47. The molecule has 1 aliphatic carbocycles. The molecule has 0 unspecified atom stereocenters. The van der Waals surface area contributed by atoms with Gasteiger partial charge in [0.15, 0.2) is 0 Å². The molecule has 0 aliphatic heterocycles. The van der Waals surface area contributed by atoms with E-state index >= 15 is 0 Å². The molecule has 0 aromatic heterocycles. The van der Waals surface area contributed by atoms with Gasteiger partial charge in [-0.25, -0.2) is 0 Å². The Bertz CT molecular complexity index is 78.6. The lowest BCUT2D eigenvalue weighted by Crippen LogP contribution is -2.25. The molecular weight excluding hydrogens is 110 g/mol. The first-order valence-corrected chi connectivity index (χ1v) is 4.06. The fourth-order valence-electron chi connectivity index (χ4n) is 1.68. The van der Waals surface area contributed by atoms with E-state index in [4.69, 9.17) is 0 Å². The predicted molar refractivity (Wildman–Crippen MR) is 40.5 cm³/mol. The molecule has 1 fully saturated rings. The van der Waals surface area contributed by atoms with Crippen LogP contribution in [0.4, 0.5) is 0 Å². The lowest BCUT2D eigenvalue weighted by Gasteiger charge is -2.08. The highest BCUT2D eigenvalue weighted by Gasteiger charge is 2.19. The molecule has 0 amide bonds. The third kappa shape index (κ3) is 1.98. The van der Waals surface area contributed by atoms with E-state index in [1.807, 2.05) is 0 Å². The van der Waals surface area contributed by atoms with Crippen LogP contribution < -0.4 is 5.32 Å². The van der Waals surface area contributed by atoms with E-state index in [9.17, 15) is 0 Å². The summed E-state index contributed by atoms with van der Waals surface area (Å²) < 4.78 is 0. The van der Waals surface area contributed by atoms with E-state index in [1.165, 1.54) is 19.3 Å². The van der Waals surface area contributed by atoms with Crippen molar-refractivity contribution in [2.75, 3.05) is 6.54 Å². The summed E-state index contributed by atoms with van der Waals surface area (Å²) in [6.45, 7) is 5.66. The molecular formula is C8H17N. The molecule has 1 saturated carbocycles. The molecule has 0 aromatic rings. The van der Waals surface area contributed by atoms with Gasteiger partial charge in [-0.05, 0) is 31.7 Å². The van der Waals surface area contributed by atoms with Crippen LogP contribution in [0.3, 0.4) is 0 Å². The molecule has 1 nitrogen and oxygen atoms in total. The van der Waals surface area contributed by atoms with Gasteiger partial charge >= 0.3 is 0 Å². The molecule has 0 saturated heterocycles. The molecule has 54 valence electrons. The van der Waals surface area contributed by atoms with Crippen molar-refractivity contribution in [3.63, 3.8) is 0 Å². The van der Waals surface area contributed by atoms with Crippen LogP contribution in [0.5, 0.6) is 0 Å². The van der Waals surface area contributed by atoms with Crippen LogP contribution in [0.25, 0.3) is 0 Å². The van der Waals surface area contributed by atoms with E-state index in [1.54, 1.807) is 0 Å². The molecule has 1 aliphatic rings. The maximum Gasteiger partial charge on any atom is 0.00695 e. The first kappa shape index (κ1) is 7.07. The van der Waals surface area contributed by atoms with Crippen molar-refractivity contribution in [1.29, 1.82) is 0 Å². The van der Waals surface area contributed by atoms with Crippen LogP contribution in [-0.4, -0.2) is 12.6 Å². The normalized spacial score (nSPS) is 35.3. The standard InChI is InChI=1S/C8H17N/c1-3-9-8-5-4-7(2)6-8/h7-9H,3-6H2,1-2H3/t7-,8-/m0/s1. The van der Waals surface area contributed by atoms with Crippen LogP contribution >= 0.6 is 0 Å². The van der Waals surface area contributed by atoms with Gasteiger partial charge in [-0.2, -0.15) is 0 Å². The molecule has 0 aromatic carbocycles. The third-order valence-electron chi connectivity index (χ3n) is 2.19. The Hall–Kier alpha value is -0.0400. The summed E-state index contributed by atoms with van der Waals surface area (Å²) in [7, 11) is 0. The van der Waals surface area contributed by atoms with Gasteiger partial charge in [-0.3, -0.25) is 0 Å². The van der Waals surface area contributed by atoms with Gasteiger partial charge in [0.2, 0.25) is 0 Å². The molecule has 0 heterocycles. The minimum absolute atomic E-state index is 0.838. The van der Waals surface area contributed by atoms with Crippen molar-refractivity contribution in [3.8, 4) is 0 Å². The summed E-state index contributed by atoms with van der Waals surface area (Å²) in [6, 6.07) is 0.838. The highest BCUT2D eigenvalue weighted by Crippen LogP contribution is 2.24. The zero-order valence-electron chi connectivity index (χ0n) is 6.48. The summed E-state index contributed by atoms with van der Waals surface area (Å²) in [4.78, 5) is 0. The Balaban J connectivity index is 2.14. The van der Waals surface area contributed by atoms with E-state index in [0.717, 1.165) is 18.5 Å². The van der Waals surface area contributed by atoms with Gasteiger partial charge in [-0.15, -0.1) is 0 Å². The molecule has 2 atom stereocenters. The van der Waals surface area contributed by atoms with Crippen LogP contribution in [0.1, 0.15) is 33.1 Å². The van der Waals surface area contributed by atoms with Gasteiger partial charge < -0.3 is 5.32 Å². The lowest BCUT2D eigenvalue weighted by molar-refractivity contribution is 0.517. The van der Waals surface area contributed by atoms with Crippen molar-refractivity contribution in [1.82, 2.24) is 5.32 Å². The first-order valence-electron chi connectivity index (χ1n) is 4.06. The molecule has 0 spiro atoms. The Kier molecular flexibility index (Phi) is 2.52. The largest absolute Gasteiger partial charge is 0.314 e. The smallest absolute Gasteiger partial charge is 0.00695 e. The van der Waals surface area contributed by atoms with E-state index in [2.05, 4.69) is 19.2 Å². The second-order valence-corrected chi connectivity index (χ2v) is 3.17. The Morgan fingerprint density at radius 3 is 2.67 bits per heavy atom. The van der Waals surface area contributed by atoms with Crippen molar-refractivity contribution >= 4 is 0 Å². The maximum atomic E-state index is 3.47. The summed E-state index contributed by atoms with van der Waals surface area (Å²) in [5.74, 6) is 0.967. The van der Waals surface area contributed by atoms with Crippen molar-refractivity contribution in [3.05, 3.63) is 0 Å². The Labute approximate surface area is 57.8 Å². The molecule has 1 N–H and O–H groups in total. The van der Waals surface area contributed by atoms with Crippen LogP contribution in [0.15, 0.2) is 0 Å². The highest BCUT2D eigenvalue weighted by atomic mass is 14.9. The fourth-order valence-corrected chi connectivity index (χ4v) is 1.68. The average molecular weight is 127 g/mol. The second-order valence-electron chi connectivity index (χ2n) is 3.17. The predicted octanol–water partition coefficient (Wildman–Crippen LogP) is 1.78. The molecule has 1 rings (SSSR count). The Morgan fingerprint density at radius 2 is 2.22 bits per heavy atom. The number of hydrogen-bond acceptors (Lipinski definition) is 1. The number of hydrogen-bond donors (Lipinski definition) is 1. The summed E-state index contributed by atoms with van der Waals surface area (Å²) in [5.41, 5.74) is 0. The quantitative estimate of drug-likeness (QED) is 0.596. The minimum atomic E-state index is 0.838. The number of nitrogens with one attached hydrogen (secondary N) is 1. The van der Waals surface area contributed by atoms with Crippen LogP contribution in [0, 0.1) is 5.92 Å². The van der Waals surface area contributed by atoms with Crippen molar-refractivity contribution < 1.29 is 0 Å². The Morgan fingerprint density at radius 1 is 1.44 bits per heavy atom. The van der Waals surface area contributed by atoms with E-state index < -0.39 is 0 Å².